The van der Waals surface area contributed by atoms with Gasteiger partial charge in [-0.2, -0.15) is 0 Å². The molecule has 0 heterocycles. The molecule has 0 aromatic heterocycles. The molecule has 6 heavy (non-hydrogen) atoms. The molecule has 0 aromatic carbocycles. The Kier molecular flexibility index (Phi) is 1730. The van der Waals surface area contributed by atoms with Crippen LogP contribution in [-0.4, -0.2) is 21.9 Å². The average molecular weight is 250 g/mol. The second-order valence-corrected chi connectivity index (χ2v) is 0. The van der Waals surface area contributed by atoms with E-state index in [2.05, 4.69) is 0 Å². The quantitative estimate of drug-likeness (QED) is 0.563. The Morgan fingerprint density at radius 1 is 0.333 bits per heavy atom. The molecule has 0 saturated heterocycles. The molecule has 36 valence electrons. The second kappa shape index (κ2) is 80.5. The van der Waals surface area contributed by atoms with E-state index < -0.39 is 0 Å². The maximum atomic E-state index is 0. The Hall–Kier alpha value is 1.61. The largest absolute Gasteiger partial charge is 2.00 e. The van der Waals surface area contributed by atoms with E-state index in [-0.39, 0.29) is 74.3 Å². The summed E-state index contributed by atoms with van der Waals surface area (Å²) in [6.07, 6.45) is 0. The van der Waals surface area contributed by atoms with E-state index in [1.807, 2.05) is 0 Å². The van der Waals surface area contributed by atoms with Gasteiger partial charge in [-0.3, -0.25) is 0 Å². The van der Waals surface area contributed by atoms with Gasteiger partial charge in [0.25, 0.3) is 0 Å². The smallest absolute Gasteiger partial charge is 0.870 e. The van der Waals surface area contributed by atoms with Gasteiger partial charge in [0.1, 0.15) is 0 Å². The van der Waals surface area contributed by atoms with Crippen molar-refractivity contribution in [1.82, 2.24) is 0 Å². The minimum Gasteiger partial charge on any atom is -0.870 e. The van der Waals surface area contributed by atoms with Gasteiger partial charge >= 0.3 is 52.4 Å². The minimum absolute atomic E-state index is 0. The molecular weight excluding hydrogens is 246 g/mol. The van der Waals surface area contributed by atoms with Gasteiger partial charge in [0.15, 0.2) is 0 Å². The molecule has 0 unspecified atom stereocenters. The predicted octanol–water partition coefficient (Wildman–Crippen LogP) is -0.712. The Labute approximate surface area is 73.8 Å². The molecule has 0 atom stereocenters. The van der Waals surface area contributed by atoms with E-state index in [9.17, 15) is 0 Å². The van der Waals surface area contributed by atoms with Crippen LogP contribution >= 0.6 is 0 Å². The van der Waals surface area contributed by atoms with Gasteiger partial charge in [-0.05, 0) is 0 Å². The fourth-order valence-electron chi connectivity index (χ4n) is 0. The third-order valence-corrected chi connectivity index (χ3v) is 0. The maximum Gasteiger partial charge on any atom is 2.00 e. The minimum atomic E-state index is 0. The van der Waals surface area contributed by atoms with Crippen molar-refractivity contribution in [2.75, 3.05) is 0 Å². The van der Waals surface area contributed by atoms with Crippen LogP contribution in [0.1, 0.15) is 0 Å². The van der Waals surface area contributed by atoms with Gasteiger partial charge < -0.3 is 21.9 Å². The van der Waals surface area contributed by atoms with Crippen LogP contribution in [0.5, 0.6) is 0 Å². The van der Waals surface area contributed by atoms with Crippen molar-refractivity contribution in [3.63, 3.8) is 0 Å². The molecule has 4 N–H and O–H groups in total. The van der Waals surface area contributed by atoms with Gasteiger partial charge in [-0.25, -0.2) is 0 Å². The SMILES string of the molecule is [OH-].[OH-].[OH-].[OH-].[Zr+2].[Zr+2]. The summed E-state index contributed by atoms with van der Waals surface area (Å²) >= 11 is 0. The van der Waals surface area contributed by atoms with E-state index in [4.69, 9.17) is 0 Å². The first-order valence-electron chi connectivity index (χ1n) is 0. The van der Waals surface area contributed by atoms with Gasteiger partial charge in [0.2, 0.25) is 0 Å². The summed E-state index contributed by atoms with van der Waals surface area (Å²) in [6.45, 7) is 0. The molecule has 0 fully saturated rings. The first kappa shape index (κ1) is 129. The summed E-state index contributed by atoms with van der Waals surface area (Å²) in [4.78, 5) is 0. The van der Waals surface area contributed by atoms with Crippen molar-refractivity contribution in [1.29, 1.82) is 0 Å². The van der Waals surface area contributed by atoms with Crippen LogP contribution < -0.4 is 0 Å². The van der Waals surface area contributed by atoms with Crippen molar-refractivity contribution >= 4 is 0 Å². The first-order chi connectivity index (χ1) is 0. The third kappa shape index (κ3) is 46.1. The summed E-state index contributed by atoms with van der Waals surface area (Å²) in [6, 6.07) is 0. The molecule has 0 rings (SSSR count). The molecule has 0 aliphatic rings. The zero-order chi connectivity index (χ0) is 0. The normalized spacial score (nSPS) is 0. The Bertz CT molecular complexity index is 5.51. The molecule has 4 nitrogen and oxygen atoms in total. The molecule has 0 spiro atoms. The molecule has 6 heteroatoms. The average Bonchev–Trinajstić information content (AvgIpc) is 0. The molecule has 0 radical (unpaired) electrons. The predicted molar refractivity (Wildman–Crippen MR) is 7.74 cm³/mol. The molecule has 0 bridgehead atoms. The maximum absolute atomic E-state index is 0. The van der Waals surface area contributed by atoms with Crippen molar-refractivity contribution < 1.29 is 74.3 Å². The summed E-state index contributed by atoms with van der Waals surface area (Å²) in [7, 11) is 0. The van der Waals surface area contributed by atoms with E-state index in [1.165, 1.54) is 0 Å². The van der Waals surface area contributed by atoms with Crippen LogP contribution in [-0.2, 0) is 52.4 Å². The Morgan fingerprint density at radius 2 is 0.333 bits per heavy atom. The molecule has 0 saturated carbocycles. The van der Waals surface area contributed by atoms with Crippen LogP contribution in [0.25, 0.3) is 0 Å². The van der Waals surface area contributed by atoms with Crippen molar-refractivity contribution in [3.8, 4) is 0 Å². The number of hydrogen-bond acceptors (Lipinski definition) is 4. The molecule has 0 amide bonds. The van der Waals surface area contributed by atoms with Gasteiger partial charge in [0.05, 0.1) is 0 Å². The van der Waals surface area contributed by atoms with E-state index >= 15 is 0 Å². The molecule has 0 aromatic rings. The number of rotatable bonds is 0. The van der Waals surface area contributed by atoms with Gasteiger partial charge in [-0.1, -0.05) is 0 Å². The fraction of sp³-hybridized carbons (Fsp3) is 0. The standard InChI is InChI=1S/4H2O.2Zr/h4*1H2;;/q;;;;2*+2/p-4. The summed E-state index contributed by atoms with van der Waals surface area (Å²) in [5.41, 5.74) is 0. The van der Waals surface area contributed by atoms with Crippen LogP contribution in [0.3, 0.4) is 0 Å². The summed E-state index contributed by atoms with van der Waals surface area (Å²) in [5, 5.41) is 0. The first-order valence-corrected chi connectivity index (χ1v) is 0. The van der Waals surface area contributed by atoms with Crippen molar-refractivity contribution in [2.24, 2.45) is 0 Å². The second-order valence-electron chi connectivity index (χ2n) is 0. The zero-order valence-electron chi connectivity index (χ0n) is 2.79. The molecular formula is H4O4Zr2. The van der Waals surface area contributed by atoms with Crippen LogP contribution in [0.2, 0.25) is 0 Å². The van der Waals surface area contributed by atoms with E-state index in [0.29, 0.717) is 0 Å². The van der Waals surface area contributed by atoms with E-state index in [0.717, 1.165) is 0 Å². The topological polar surface area (TPSA) is 120 Å². The van der Waals surface area contributed by atoms with Gasteiger partial charge in [-0.15, -0.1) is 0 Å². The molecule has 0 aliphatic heterocycles. The monoisotopic (exact) mass is 248 g/mol. The zero-order valence-corrected chi connectivity index (χ0v) is 7.70. The van der Waals surface area contributed by atoms with Crippen LogP contribution in [0.4, 0.5) is 0 Å². The van der Waals surface area contributed by atoms with Crippen LogP contribution in [0.15, 0.2) is 0 Å². The summed E-state index contributed by atoms with van der Waals surface area (Å²) < 4.78 is 0. The van der Waals surface area contributed by atoms with E-state index in [1.54, 1.807) is 0 Å². The van der Waals surface area contributed by atoms with Crippen LogP contribution in [0, 0.1) is 0 Å². The number of hydrogen-bond donors (Lipinski definition) is 0. The van der Waals surface area contributed by atoms with Crippen molar-refractivity contribution in [2.45, 2.75) is 0 Å². The Balaban J connectivity index is 0. The fourth-order valence-corrected chi connectivity index (χ4v) is 0. The molecule has 0 aliphatic carbocycles. The Morgan fingerprint density at radius 3 is 0.333 bits per heavy atom. The summed E-state index contributed by atoms with van der Waals surface area (Å²) in [5.74, 6) is 0. The van der Waals surface area contributed by atoms with Crippen molar-refractivity contribution in [3.05, 3.63) is 0 Å². The third-order valence-electron chi connectivity index (χ3n) is 0. The van der Waals surface area contributed by atoms with Gasteiger partial charge in [0, 0.05) is 0 Å².